The predicted molar refractivity (Wildman–Crippen MR) is 106 cm³/mol. The molecule has 146 valence electrons. The summed E-state index contributed by atoms with van der Waals surface area (Å²) in [7, 11) is 0. The summed E-state index contributed by atoms with van der Waals surface area (Å²) in [5.41, 5.74) is 3.70. The minimum atomic E-state index is 0.134. The number of carbonyl (C=O) groups is 1. The normalized spacial score (nSPS) is 20.0. The maximum absolute atomic E-state index is 11.8. The molecule has 3 aromatic rings. The maximum atomic E-state index is 11.8. The van der Waals surface area contributed by atoms with E-state index < -0.39 is 0 Å². The molecule has 28 heavy (non-hydrogen) atoms. The first kappa shape index (κ1) is 17.3. The molecule has 1 unspecified atom stereocenters. The van der Waals surface area contributed by atoms with Crippen LogP contribution in [0, 0.1) is 5.92 Å². The summed E-state index contributed by atoms with van der Waals surface area (Å²) in [5, 5.41) is 15.8. The monoisotopic (exact) mass is 379 g/mol. The van der Waals surface area contributed by atoms with Crippen LogP contribution in [0.4, 0.5) is 0 Å². The van der Waals surface area contributed by atoms with Crippen molar-refractivity contribution in [1.82, 2.24) is 24.6 Å². The van der Waals surface area contributed by atoms with E-state index in [1.807, 2.05) is 29.2 Å². The van der Waals surface area contributed by atoms with Gasteiger partial charge in [-0.2, -0.15) is 9.78 Å². The Labute approximate surface area is 163 Å². The molecule has 5 rings (SSSR count). The van der Waals surface area contributed by atoms with Crippen molar-refractivity contribution in [3.63, 3.8) is 0 Å². The molecule has 1 atom stereocenters. The van der Waals surface area contributed by atoms with Gasteiger partial charge in [-0.15, -0.1) is 0 Å². The van der Waals surface area contributed by atoms with E-state index in [-0.39, 0.29) is 11.8 Å². The minimum absolute atomic E-state index is 0.134. The molecule has 1 amide bonds. The molecule has 0 spiro atoms. The van der Waals surface area contributed by atoms with Crippen LogP contribution < -0.4 is 0 Å². The Morgan fingerprint density at radius 1 is 1.29 bits per heavy atom. The molecule has 1 aliphatic heterocycles. The van der Waals surface area contributed by atoms with Gasteiger partial charge in [0.1, 0.15) is 0 Å². The van der Waals surface area contributed by atoms with E-state index in [4.69, 9.17) is 5.10 Å². The van der Waals surface area contributed by atoms with Crippen LogP contribution in [-0.2, 0) is 11.2 Å². The standard InChI is InChI=1S/C21H25N5O2/c1-13(27)25-10-4-5-14(12-25)11-16-19(15-8-9-15)24-26(20(16)28)21-22-17-6-2-3-7-18(17)23-21/h2-3,6-7,14-15,28H,4-5,8-12H2,1H3,(H,22,23). The minimum Gasteiger partial charge on any atom is -0.493 e. The Morgan fingerprint density at radius 2 is 2.11 bits per heavy atom. The lowest BCUT2D eigenvalue weighted by Gasteiger charge is -2.32. The number of hydrogen-bond acceptors (Lipinski definition) is 4. The van der Waals surface area contributed by atoms with Crippen molar-refractivity contribution >= 4 is 16.9 Å². The third kappa shape index (κ3) is 3.04. The Balaban J connectivity index is 1.48. The quantitative estimate of drug-likeness (QED) is 0.729. The number of carbonyl (C=O) groups excluding carboxylic acids is 1. The summed E-state index contributed by atoms with van der Waals surface area (Å²) in [5.74, 6) is 1.64. The highest BCUT2D eigenvalue weighted by atomic mass is 16.3. The van der Waals surface area contributed by atoms with Crippen molar-refractivity contribution in [3.8, 4) is 11.8 Å². The van der Waals surface area contributed by atoms with Crippen molar-refractivity contribution in [2.45, 2.75) is 44.9 Å². The molecular formula is C21H25N5O2. The van der Waals surface area contributed by atoms with Gasteiger partial charge in [-0.05, 0) is 50.2 Å². The van der Waals surface area contributed by atoms with Gasteiger partial charge in [0, 0.05) is 31.5 Å². The average molecular weight is 379 g/mol. The highest BCUT2D eigenvalue weighted by Gasteiger charge is 2.34. The van der Waals surface area contributed by atoms with Crippen LogP contribution in [0.1, 0.15) is 49.8 Å². The van der Waals surface area contributed by atoms with E-state index in [1.165, 1.54) is 0 Å². The maximum Gasteiger partial charge on any atom is 0.232 e. The number of H-pyrrole nitrogens is 1. The summed E-state index contributed by atoms with van der Waals surface area (Å²) in [6, 6.07) is 7.81. The summed E-state index contributed by atoms with van der Waals surface area (Å²) in [6.45, 7) is 3.23. The van der Waals surface area contributed by atoms with Gasteiger partial charge < -0.3 is 15.0 Å². The lowest BCUT2D eigenvalue weighted by Crippen LogP contribution is -2.39. The second-order valence-corrected chi connectivity index (χ2v) is 8.13. The fraction of sp³-hybridized carbons (Fsp3) is 0.476. The highest BCUT2D eigenvalue weighted by molar-refractivity contribution is 5.76. The fourth-order valence-corrected chi connectivity index (χ4v) is 4.33. The van der Waals surface area contributed by atoms with Gasteiger partial charge in [-0.25, -0.2) is 4.98 Å². The molecule has 7 heteroatoms. The first-order valence-electron chi connectivity index (χ1n) is 10.1. The molecule has 0 bridgehead atoms. The molecule has 2 N–H and O–H groups in total. The van der Waals surface area contributed by atoms with Crippen LogP contribution in [0.3, 0.4) is 0 Å². The SMILES string of the molecule is CC(=O)N1CCCC(Cc2c(C3CC3)nn(-c3nc4ccccc4[nH]3)c2O)C1. The Hall–Kier alpha value is -2.83. The fourth-order valence-electron chi connectivity index (χ4n) is 4.33. The van der Waals surface area contributed by atoms with E-state index >= 15 is 0 Å². The van der Waals surface area contributed by atoms with Crippen LogP contribution in [0.2, 0.25) is 0 Å². The predicted octanol–water partition coefficient (Wildman–Crippen LogP) is 3.13. The number of aromatic nitrogens is 4. The first-order valence-corrected chi connectivity index (χ1v) is 10.1. The third-order valence-corrected chi connectivity index (χ3v) is 5.99. The lowest BCUT2D eigenvalue weighted by atomic mass is 9.90. The molecule has 1 saturated carbocycles. The van der Waals surface area contributed by atoms with Crippen LogP contribution >= 0.6 is 0 Å². The van der Waals surface area contributed by atoms with E-state index in [2.05, 4.69) is 9.97 Å². The summed E-state index contributed by atoms with van der Waals surface area (Å²) in [6.07, 6.45) is 5.08. The van der Waals surface area contributed by atoms with Crippen LogP contribution in [0.15, 0.2) is 24.3 Å². The zero-order valence-electron chi connectivity index (χ0n) is 16.1. The molecule has 1 aromatic carbocycles. The Kier molecular flexibility index (Phi) is 4.10. The number of hydrogen-bond donors (Lipinski definition) is 2. The third-order valence-electron chi connectivity index (χ3n) is 5.99. The van der Waals surface area contributed by atoms with Gasteiger partial charge in [-0.3, -0.25) is 4.79 Å². The molecule has 7 nitrogen and oxygen atoms in total. The number of para-hydroxylation sites is 2. The average Bonchev–Trinajstić information content (AvgIpc) is 3.37. The van der Waals surface area contributed by atoms with Crippen molar-refractivity contribution in [2.24, 2.45) is 5.92 Å². The number of fused-ring (bicyclic) bond motifs is 1. The summed E-state index contributed by atoms with van der Waals surface area (Å²) >= 11 is 0. The van der Waals surface area contributed by atoms with Gasteiger partial charge in [0.25, 0.3) is 0 Å². The van der Waals surface area contributed by atoms with Gasteiger partial charge in [-0.1, -0.05) is 12.1 Å². The number of rotatable bonds is 4. The number of likely N-dealkylation sites (tertiary alicyclic amines) is 1. The molecule has 0 radical (unpaired) electrons. The summed E-state index contributed by atoms with van der Waals surface area (Å²) < 4.78 is 1.55. The zero-order valence-corrected chi connectivity index (χ0v) is 16.1. The Bertz CT molecular complexity index is 1000. The number of benzene rings is 1. The lowest BCUT2D eigenvalue weighted by molar-refractivity contribution is -0.130. The van der Waals surface area contributed by atoms with E-state index in [9.17, 15) is 9.90 Å². The molecule has 2 fully saturated rings. The van der Waals surface area contributed by atoms with Gasteiger partial charge >= 0.3 is 0 Å². The number of amides is 1. The van der Waals surface area contributed by atoms with Crippen LogP contribution in [-0.4, -0.2) is 48.8 Å². The number of aromatic amines is 1. The smallest absolute Gasteiger partial charge is 0.232 e. The van der Waals surface area contributed by atoms with Crippen molar-refractivity contribution in [3.05, 3.63) is 35.5 Å². The van der Waals surface area contributed by atoms with E-state index in [1.54, 1.807) is 11.6 Å². The van der Waals surface area contributed by atoms with Gasteiger partial charge in [0.05, 0.1) is 16.7 Å². The second kappa shape index (κ2) is 6.65. The number of piperidine rings is 1. The largest absolute Gasteiger partial charge is 0.493 e. The topological polar surface area (TPSA) is 87.0 Å². The van der Waals surface area contributed by atoms with E-state index in [0.717, 1.165) is 67.5 Å². The molecule has 2 aliphatic rings. The number of nitrogens with zero attached hydrogens (tertiary/aromatic N) is 4. The first-order chi connectivity index (χ1) is 13.6. The molecule has 2 aromatic heterocycles. The number of nitrogens with one attached hydrogen (secondary N) is 1. The molecule has 3 heterocycles. The second-order valence-electron chi connectivity index (χ2n) is 8.13. The Morgan fingerprint density at radius 3 is 2.86 bits per heavy atom. The zero-order chi connectivity index (χ0) is 19.3. The van der Waals surface area contributed by atoms with Crippen molar-refractivity contribution < 1.29 is 9.90 Å². The number of aromatic hydroxyl groups is 1. The highest BCUT2D eigenvalue weighted by Crippen LogP contribution is 2.44. The summed E-state index contributed by atoms with van der Waals surface area (Å²) in [4.78, 5) is 21.5. The van der Waals surface area contributed by atoms with Crippen molar-refractivity contribution in [2.75, 3.05) is 13.1 Å². The van der Waals surface area contributed by atoms with Crippen molar-refractivity contribution in [1.29, 1.82) is 0 Å². The molecular weight excluding hydrogens is 354 g/mol. The van der Waals surface area contributed by atoms with E-state index in [0.29, 0.717) is 17.8 Å². The van der Waals surface area contributed by atoms with Gasteiger partial charge in [0.15, 0.2) is 0 Å². The van der Waals surface area contributed by atoms with Crippen LogP contribution in [0.5, 0.6) is 5.88 Å². The molecule has 1 saturated heterocycles. The van der Waals surface area contributed by atoms with Crippen LogP contribution in [0.25, 0.3) is 17.0 Å². The number of imidazole rings is 1. The molecule has 1 aliphatic carbocycles. The van der Waals surface area contributed by atoms with Gasteiger partial charge in [0.2, 0.25) is 17.7 Å².